The number of hydrogen-bond acceptors (Lipinski definition) is 10. The van der Waals surface area contributed by atoms with Crippen molar-refractivity contribution >= 4 is 40.2 Å². The molecular weight excluding hydrogens is 618 g/mol. The Kier molecular flexibility index (Phi) is 10.4. The first-order valence-electron chi connectivity index (χ1n) is 14.9. The van der Waals surface area contributed by atoms with Gasteiger partial charge in [-0.1, -0.05) is 6.58 Å². The average Bonchev–Trinajstić information content (AvgIpc) is 3.02. The molecule has 14 heteroatoms. The minimum atomic E-state index is -4.23. The van der Waals surface area contributed by atoms with E-state index in [9.17, 15) is 13.2 Å². The number of nitrogens with one attached hydrogen (secondary N) is 2. The summed E-state index contributed by atoms with van der Waals surface area (Å²) in [5, 5.41) is 7.36. The Morgan fingerprint density at radius 1 is 1.00 bits per heavy atom. The predicted molar refractivity (Wildman–Crippen MR) is 172 cm³/mol. The van der Waals surface area contributed by atoms with Gasteiger partial charge in [-0.05, 0) is 63.3 Å². The second-order valence-electron chi connectivity index (χ2n) is 11.2. The van der Waals surface area contributed by atoms with E-state index in [0.29, 0.717) is 46.4 Å². The van der Waals surface area contributed by atoms with E-state index in [0.717, 1.165) is 31.6 Å². The molecule has 47 heavy (non-hydrogen) atoms. The summed E-state index contributed by atoms with van der Waals surface area (Å²) in [4.78, 5) is 25.8. The van der Waals surface area contributed by atoms with E-state index in [1.807, 2.05) is 12.1 Å². The van der Waals surface area contributed by atoms with Crippen molar-refractivity contribution in [2.45, 2.75) is 25.1 Å². The van der Waals surface area contributed by atoms with Crippen LogP contribution in [0.4, 0.5) is 40.6 Å². The lowest BCUT2D eigenvalue weighted by Gasteiger charge is -2.40. The van der Waals surface area contributed by atoms with Gasteiger partial charge in [0.15, 0.2) is 0 Å². The number of nitrogens with zero attached hydrogens (tertiary/aromatic N) is 5. The molecule has 0 atom stereocenters. The molecule has 4 aromatic rings. The molecule has 2 aliphatic heterocycles. The summed E-state index contributed by atoms with van der Waals surface area (Å²) in [6.45, 7) is 4.81. The molecule has 0 spiro atoms. The summed E-state index contributed by atoms with van der Waals surface area (Å²) in [7, 11) is 3.73. The number of carbonyl (C=O) groups is 1. The molecule has 0 unspecified atom stereocenters. The number of piperidine rings is 1. The number of aromatic nitrogens is 3. The van der Waals surface area contributed by atoms with Crippen LogP contribution in [0.2, 0.25) is 0 Å². The van der Waals surface area contributed by atoms with Gasteiger partial charge < -0.3 is 29.9 Å². The van der Waals surface area contributed by atoms with Gasteiger partial charge in [0.2, 0.25) is 0 Å². The SMILES string of the molecule is C=CC=O.COc1cc2ncnc(Nc3ccc(Oc4ccnc(N5CC(C(F)(F)F)C5)c4)cc3F)c2cc1NC1CCN(C)CC1. The number of allylic oxidation sites excluding steroid dienone is 1. The Labute approximate surface area is 269 Å². The van der Waals surface area contributed by atoms with Crippen LogP contribution in [0.15, 0.2) is 67.6 Å². The van der Waals surface area contributed by atoms with Crippen LogP contribution >= 0.6 is 0 Å². The number of alkyl halides is 3. The minimum absolute atomic E-state index is 0.158. The van der Waals surface area contributed by atoms with Gasteiger partial charge in [0, 0.05) is 48.9 Å². The van der Waals surface area contributed by atoms with Crippen LogP contribution < -0.4 is 25.0 Å². The third kappa shape index (κ3) is 8.25. The van der Waals surface area contributed by atoms with E-state index in [1.165, 1.54) is 41.7 Å². The van der Waals surface area contributed by atoms with Gasteiger partial charge >= 0.3 is 6.18 Å². The quantitative estimate of drug-likeness (QED) is 0.117. The zero-order chi connectivity index (χ0) is 33.6. The third-order valence-corrected chi connectivity index (χ3v) is 7.95. The first-order chi connectivity index (χ1) is 22.6. The molecule has 2 aromatic heterocycles. The van der Waals surface area contributed by atoms with Gasteiger partial charge in [0.1, 0.15) is 47.3 Å². The monoisotopic (exact) mass is 653 g/mol. The third-order valence-electron chi connectivity index (χ3n) is 7.95. The minimum Gasteiger partial charge on any atom is -0.495 e. The average molecular weight is 654 g/mol. The molecule has 10 nitrogen and oxygen atoms in total. The first-order valence-corrected chi connectivity index (χ1v) is 14.9. The molecule has 2 fully saturated rings. The van der Waals surface area contributed by atoms with Gasteiger partial charge in [-0.25, -0.2) is 19.3 Å². The fraction of sp³-hybridized carbons (Fsp3) is 0.333. The highest BCUT2D eigenvalue weighted by Crippen LogP contribution is 2.38. The highest BCUT2D eigenvalue weighted by molar-refractivity contribution is 5.95. The number of benzene rings is 2. The molecule has 0 bridgehead atoms. The number of hydrogen-bond donors (Lipinski definition) is 2. The Morgan fingerprint density at radius 3 is 2.38 bits per heavy atom. The van der Waals surface area contributed by atoms with E-state index in [1.54, 1.807) is 19.2 Å². The van der Waals surface area contributed by atoms with Gasteiger partial charge in [-0.3, -0.25) is 4.79 Å². The summed E-state index contributed by atoms with van der Waals surface area (Å²) in [5.41, 5.74) is 1.64. The van der Waals surface area contributed by atoms with Gasteiger partial charge in [-0.15, -0.1) is 0 Å². The zero-order valence-corrected chi connectivity index (χ0v) is 25.9. The molecule has 2 N–H and O–H groups in total. The number of aldehydes is 1. The highest BCUT2D eigenvalue weighted by atomic mass is 19.4. The van der Waals surface area contributed by atoms with Crippen molar-refractivity contribution in [2.75, 3.05) is 55.9 Å². The number of pyridine rings is 1. The highest BCUT2D eigenvalue weighted by Gasteiger charge is 2.47. The maximum absolute atomic E-state index is 15.3. The molecule has 4 heterocycles. The summed E-state index contributed by atoms with van der Waals surface area (Å²) >= 11 is 0. The second-order valence-corrected chi connectivity index (χ2v) is 11.2. The van der Waals surface area contributed by atoms with Crippen molar-refractivity contribution in [1.29, 1.82) is 0 Å². The molecule has 2 saturated heterocycles. The second kappa shape index (κ2) is 14.6. The lowest BCUT2D eigenvalue weighted by molar-refractivity contribution is -0.180. The molecule has 2 aromatic carbocycles. The van der Waals surface area contributed by atoms with Crippen molar-refractivity contribution < 1.29 is 31.8 Å². The fourth-order valence-electron chi connectivity index (χ4n) is 5.27. The van der Waals surface area contributed by atoms with Crippen LogP contribution in [-0.2, 0) is 4.79 Å². The molecular formula is C33H35F4N7O3. The van der Waals surface area contributed by atoms with Crippen molar-refractivity contribution in [3.63, 3.8) is 0 Å². The van der Waals surface area contributed by atoms with Crippen LogP contribution in [0.1, 0.15) is 12.8 Å². The number of carbonyl (C=O) groups excluding carboxylic acids is 1. The first kappa shape index (κ1) is 33.4. The number of likely N-dealkylation sites (tertiary alicyclic amines) is 1. The van der Waals surface area contributed by atoms with Gasteiger partial charge in [-0.2, -0.15) is 13.2 Å². The summed E-state index contributed by atoms with van der Waals surface area (Å²) in [5.74, 6) is 0.0690. The van der Waals surface area contributed by atoms with Crippen LogP contribution in [0.25, 0.3) is 10.9 Å². The topological polar surface area (TPSA) is 105 Å². The molecule has 0 radical (unpaired) electrons. The lowest BCUT2D eigenvalue weighted by atomic mass is 10.00. The number of halogens is 4. The summed E-state index contributed by atoms with van der Waals surface area (Å²) in [6, 6.07) is 11.5. The van der Waals surface area contributed by atoms with Crippen LogP contribution in [0.5, 0.6) is 17.2 Å². The molecule has 6 rings (SSSR count). The summed E-state index contributed by atoms with van der Waals surface area (Å²) < 4.78 is 65.3. The lowest BCUT2D eigenvalue weighted by Crippen LogP contribution is -2.53. The molecule has 0 aliphatic carbocycles. The molecule has 0 saturated carbocycles. The Hall–Kier alpha value is -4.98. The van der Waals surface area contributed by atoms with E-state index in [4.69, 9.17) is 14.3 Å². The molecule has 2 aliphatic rings. The van der Waals surface area contributed by atoms with Crippen LogP contribution in [0, 0.1) is 11.7 Å². The van der Waals surface area contributed by atoms with E-state index in [2.05, 4.69) is 44.1 Å². The fourth-order valence-corrected chi connectivity index (χ4v) is 5.27. The standard InChI is InChI=1S/C30H31F4N7O2.C3H4O/c1-40-9-6-19(7-10-40)38-26-13-22-25(14-27(26)42-2)36-17-37-29(22)39-24-4-3-20(11-23(24)31)43-21-5-8-35-28(12-21)41-15-18(16-41)30(32,33)34;1-2-3-4/h3-5,8,11-14,17-19,38H,6-7,9-10,15-16H2,1-2H3,(H,36,37,39);2-3H,1H2. The van der Waals surface area contributed by atoms with Crippen molar-refractivity contribution in [3.8, 4) is 17.2 Å². The van der Waals surface area contributed by atoms with Crippen molar-refractivity contribution in [2.24, 2.45) is 5.92 Å². The van der Waals surface area contributed by atoms with Crippen LogP contribution in [0.3, 0.4) is 0 Å². The number of methoxy groups -OCH3 is 1. The van der Waals surface area contributed by atoms with Crippen molar-refractivity contribution in [3.05, 3.63) is 73.5 Å². The van der Waals surface area contributed by atoms with E-state index >= 15 is 4.39 Å². The Bertz CT molecular complexity index is 1700. The predicted octanol–water partition coefficient (Wildman–Crippen LogP) is 6.58. The van der Waals surface area contributed by atoms with E-state index < -0.39 is 17.9 Å². The number of rotatable bonds is 9. The smallest absolute Gasteiger partial charge is 0.395 e. The van der Waals surface area contributed by atoms with Gasteiger partial charge in [0.25, 0.3) is 0 Å². The Morgan fingerprint density at radius 2 is 1.72 bits per heavy atom. The molecule has 0 amide bonds. The normalized spacial score (nSPS) is 15.7. The number of fused-ring (bicyclic) bond motifs is 1. The summed E-state index contributed by atoms with van der Waals surface area (Å²) in [6.07, 6.45) is 2.47. The molecule has 248 valence electrons. The number of anilines is 4. The maximum Gasteiger partial charge on any atom is 0.395 e. The largest absolute Gasteiger partial charge is 0.495 e. The maximum atomic E-state index is 15.3. The van der Waals surface area contributed by atoms with Gasteiger partial charge in [0.05, 0.1) is 29.9 Å². The van der Waals surface area contributed by atoms with Crippen LogP contribution in [-0.4, -0.2) is 78.7 Å². The zero-order valence-electron chi connectivity index (χ0n) is 25.9. The van der Waals surface area contributed by atoms with E-state index in [-0.39, 0.29) is 24.5 Å². The Balaban J connectivity index is 0.00000103. The number of ether oxygens (including phenoxy) is 2. The van der Waals surface area contributed by atoms with Crippen molar-refractivity contribution in [1.82, 2.24) is 19.9 Å².